The smallest absolute Gasteiger partial charge is 0.412 e. The van der Waals surface area contributed by atoms with Gasteiger partial charge in [-0.15, -0.1) is 0 Å². The zero-order valence-electron chi connectivity index (χ0n) is 16.4. The normalized spacial score (nSPS) is 12.8. The van der Waals surface area contributed by atoms with E-state index in [4.69, 9.17) is 24.5 Å². The second kappa shape index (κ2) is 12.2. The van der Waals surface area contributed by atoms with Crippen molar-refractivity contribution in [1.29, 1.82) is 0 Å². The fourth-order valence-corrected chi connectivity index (χ4v) is 2.55. The summed E-state index contributed by atoms with van der Waals surface area (Å²) in [7, 11) is 1.40. The van der Waals surface area contributed by atoms with Crippen LogP contribution in [0.4, 0.5) is 10.5 Å². The number of methoxy groups -OCH3 is 1. The molecular weight excluding hydrogens is 392 g/mol. The van der Waals surface area contributed by atoms with Crippen LogP contribution in [0.15, 0.2) is 66.7 Å². The molecule has 2 aromatic carbocycles. The molecule has 2 amide bonds. The Hall–Kier alpha value is -3.40. The van der Waals surface area contributed by atoms with Gasteiger partial charge in [-0.1, -0.05) is 30.3 Å². The quantitative estimate of drug-likeness (QED) is 0.266. The molecule has 0 fully saturated rings. The monoisotopic (exact) mass is 416 g/mol. The van der Waals surface area contributed by atoms with Gasteiger partial charge in [0.25, 0.3) is 5.91 Å². The van der Waals surface area contributed by atoms with E-state index in [1.165, 1.54) is 18.7 Å². The molecule has 0 aliphatic rings. The molecule has 0 aliphatic carbocycles. The van der Waals surface area contributed by atoms with E-state index in [9.17, 15) is 9.59 Å². The van der Waals surface area contributed by atoms with Crippen LogP contribution in [-0.4, -0.2) is 48.7 Å². The largest absolute Gasteiger partial charge is 0.491 e. The van der Waals surface area contributed by atoms with Crippen LogP contribution in [-0.2, 0) is 14.3 Å². The Balaban J connectivity index is 2.22. The lowest BCUT2D eigenvalue weighted by Crippen LogP contribution is -2.27. The summed E-state index contributed by atoms with van der Waals surface area (Å²) in [5.74, 6) is -0.221. The molecule has 0 saturated heterocycles. The zero-order chi connectivity index (χ0) is 21.8. The highest BCUT2D eigenvalue weighted by Gasteiger charge is 2.26. The first-order valence-electron chi connectivity index (χ1n) is 9.08. The number of hydroxylamine groups is 1. The average Bonchev–Trinajstić information content (AvgIpc) is 2.78. The van der Waals surface area contributed by atoms with Crippen molar-refractivity contribution in [3.63, 3.8) is 0 Å². The van der Waals surface area contributed by atoms with Crippen molar-refractivity contribution in [3.05, 3.63) is 72.3 Å². The van der Waals surface area contributed by atoms with Gasteiger partial charge in [-0.05, 0) is 35.9 Å². The third kappa shape index (κ3) is 7.21. The number of aliphatic hydroxyl groups is 1. The van der Waals surface area contributed by atoms with E-state index in [0.717, 1.165) is 6.08 Å². The number of carbonyl (C=O) groups is 2. The molecule has 30 heavy (non-hydrogen) atoms. The molecule has 9 heteroatoms. The Kier molecular flexibility index (Phi) is 9.32. The molecule has 0 aliphatic heterocycles. The Labute approximate surface area is 173 Å². The van der Waals surface area contributed by atoms with Gasteiger partial charge in [0.15, 0.2) is 6.10 Å². The second-order valence-corrected chi connectivity index (χ2v) is 5.99. The van der Waals surface area contributed by atoms with Crippen LogP contribution < -0.4 is 15.5 Å². The number of hydrogen-bond donors (Lipinski definition) is 4. The van der Waals surface area contributed by atoms with Gasteiger partial charge in [0.1, 0.15) is 18.5 Å². The van der Waals surface area contributed by atoms with E-state index < -0.39 is 24.2 Å². The summed E-state index contributed by atoms with van der Waals surface area (Å²) in [5, 5.41) is 20.1. The van der Waals surface area contributed by atoms with Crippen molar-refractivity contribution < 1.29 is 34.1 Å². The lowest BCUT2D eigenvalue weighted by Gasteiger charge is -2.24. The minimum atomic E-state index is -0.909. The summed E-state index contributed by atoms with van der Waals surface area (Å²) in [6.45, 7) is 0.0368. The van der Waals surface area contributed by atoms with Crippen molar-refractivity contribution in [2.75, 3.05) is 25.6 Å². The summed E-state index contributed by atoms with van der Waals surface area (Å²) in [4.78, 5) is 23.8. The van der Waals surface area contributed by atoms with Gasteiger partial charge in [0, 0.05) is 18.9 Å². The number of hydrogen-bond acceptors (Lipinski definition) is 7. The molecule has 0 heterocycles. The molecule has 2 rings (SSSR count). The maximum Gasteiger partial charge on any atom is 0.412 e. The SMILES string of the molecule is CO[C@@H](/C=C/C(=O)NO)[C@@H](OC(=O)Nc1ccccc1)c1ccc(OCCO)cc1. The first-order valence-corrected chi connectivity index (χ1v) is 9.08. The summed E-state index contributed by atoms with van der Waals surface area (Å²) >= 11 is 0. The molecule has 0 radical (unpaired) electrons. The maximum absolute atomic E-state index is 12.4. The number of amides is 2. The first kappa shape index (κ1) is 22.9. The van der Waals surface area contributed by atoms with E-state index in [-0.39, 0.29) is 13.2 Å². The number of aliphatic hydroxyl groups excluding tert-OH is 1. The second-order valence-electron chi connectivity index (χ2n) is 5.99. The molecule has 0 saturated carbocycles. The topological polar surface area (TPSA) is 126 Å². The molecule has 160 valence electrons. The van der Waals surface area contributed by atoms with Crippen molar-refractivity contribution in [3.8, 4) is 5.75 Å². The summed E-state index contributed by atoms with van der Waals surface area (Å²) in [6, 6.07) is 15.5. The van der Waals surface area contributed by atoms with E-state index in [2.05, 4.69) is 5.32 Å². The number of anilines is 1. The minimum absolute atomic E-state index is 0.114. The fraction of sp³-hybridized carbons (Fsp3) is 0.238. The summed E-state index contributed by atoms with van der Waals surface area (Å²) < 4.78 is 16.3. The number of para-hydroxylation sites is 1. The number of nitrogens with one attached hydrogen (secondary N) is 2. The summed E-state index contributed by atoms with van der Waals surface area (Å²) in [6.07, 6.45) is -0.0177. The highest BCUT2D eigenvalue weighted by molar-refractivity contribution is 5.86. The predicted molar refractivity (Wildman–Crippen MR) is 108 cm³/mol. The van der Waals surface area contributed by atoms with Crippen LogP contribution in [0.1, 0.15) is 11.7 Å². The van der Waals surface area contributed by atoms with E-state index in [0.29, 0.717) is 17.0 Å². The molecular formula is C21H24N2O7. The standard InChI is InChI=1S/C21H24N2O7/c1-28-18(11-12-19(25)23-27)20(15-7-9-17(10-8-15)29-14-13-24)30-21(26)22-16-5-3-2-4-6-16/h2-12,18,20,24,27H,13-14H2,1H3,(H,22,26)(H,23,25)/b12-11+/t18-,20-/m0/s1. The van der Waals surface area contributed by atoms with Crippen molar-refractivity contribution in [1.82, 2.24) is 5.48 Å². The van der Waals surface area contributed by atoms with Gasteiger partial charge >= 0.3 is 6.09 Å². The van der Waals surface area contributed by atoms with Crippen LogP contribution >= 0.6 is 0 Å². The van der Waals surface area contributed by atoms with Crippen LogP contribution in [0.2, 0.25) is 0 Å². The van der Waals surface area contributed by atoms with E-state index in [1.807, 2.05) is 6.07 Å². The van der Waals surface area contributed by atoms with Crippen LogP contribution in [0, 0.1) is 0 Å². The molecule has 0 spiro atoms. The number of carbonyl (C=O) groups excluding carboxylic acids is 2. The van der Waals surface area contributed by atoms with Gasteiger partial charge in [-0.2, -0.15) is 0 Å². The fourth-order valence-electron chi connectivity index (χ4n) is 2.55. The van der Waals surface area contributed by atoms with Crippen LogP contribution in [0.3, 0.4) is 0 Å². The number of ether oxygens (including phenoxy) is 3. The lowest BCUT2D eigenvalue weighted by molar-refractivity contribution is -0.124. The molecule has 0 aromatic heterocycles. The third-order valence-corrected chi connectivity index (χ3v) is 3.94. The highest BCUT2D eigenvalue weighted by Crippen LogP contribution is 2.27. The zero-order valence-corrected chi connectivity index (χ0v) is 16.4. The Morgan fingerprint density at radius 3 is 2.40 bits per heavy atom. The van der Waals surface area contributed by atoms with E-state index >= 15 is 0 Å². The maximum atomic E-state index is 12.4. The lowest BCUT2D eigenvalue weighted by atomic mass is 10.0. The van der Waals surface area contributed by atoms with Gasteiger partial charge in [0.2, 0.25) is 0 Å². The number of benzene rings is 2. The number of rotatable bonds is 10. The molecule has 0 unspecified atom stereocenters. The molecule has 4 N–H and O–H groups in total. The minimum Gasteiger partial charge on any atom is -0.491 e. The van der Waals surface area contributed by atoms with Crippen molar-refractivity contribution in [2.24, 2.45) is 0 Å². The predicted octanol–water partition coefficient (Wildman–Crippen LogP) is 2.42. The van der Waals surface area contributed by atoms with Crippen molar-refractivity contribution >= 4 is 17.7 Å². The van der Waals surface area contributed by atoms with E-state index in [1.54, 1.807) is 48.5 Å². The van der Waals surface area contributed by atoms with Gasteiger partial charge in [-0.3, -0.25) is 15.3 Å². The Morgan fingerprint density at radius 1 is 1.10 bits per heavy atom. The van der Waals surface area contributed by atoms with Gasteiger partial charge in [0.05, 0.1) is 6.61 Å². The highest BCUT2D eigenvalue weighted by atomic mass is 16.6. The molecule has 2 atom stereocenters. The third-order valence-electron chi connectivity index (χ3n) is 3.94. The molecule has 9 nitrogen and oxygen atoms in total. The van der Waals surface area contributed by atoms with Crippen molar-refractivity contribution in [2.45, 2.75) is 12.2 Å². The Bertz CT molecular complexity index is 825. The summed E-state index contributed by atoms with van der Waals surface area (Å²) in [5.41, 5.74) is 2.62. The van der Waals surface area contributed by atoms with Crippen LogP contribution in [0.5, 0.6) is 5.75 Å². The van der Waals surface area contributed by atoms with Gasteiger partial charge in [-0.25, -0.2) is 10.3 Å². The molecule has 0 bridgehead atoms. The molecule has 2 aromatic rings. The van der Waals surface area contributed by atoms with Gasteiger partial charge < -0.3 is 19.3 Å². The Morgan fingerprint density at radius 2 is 1.80 bits per heavy atom. The first-order chi connectivity index (χ1) is 14.6. The van der Waals surface area contributed by atoms with Crippen LogP contribution in [0.25, 0.3) is 0 Å². The average molecular weight is 416 g/mol.